The van der Waals surface area contributed by atoms with E-state index in [9.17, 15) is 4.79 Å². The molecule has 37 heavy (non-hydrogen) atoms. The highest BCUT2D eigenvalue weighted by Crippen LogP contribution is 2.25. The third-order valence-electron chi connectivity index (χ3n) is 6.42. The number of fused-ring (bicyclic) bond motifs is 3. The fourth-order valence-corrected chi connectivity index (χ4v) is 4.40. The summed E-state index contributed by atoms with van der Waals surface area (Å²) in [6.45, 7) is 4.16. The van der Waals surface area contributed by atoms with Crippen LogP contribution in [0.1, 0.15) is 22.8 Å². The zero-order valence-corrected chi connectivity index (χ0v) is 20.4. The first-order valence-electron chi connectivity index (χ1n) is 12.0. The Morgan fingerprint density at radius 2 is 1.81 bits per heavy atom. The number of aromatic nitrogens is 6. The maximum Gasteiger partial charge on any atom is 0.280 e. The van der Waals surface area contributed by atoms with E-state index < -0.39 is 0 Å². The van der Waals surface area contributed by atoms with Gasteiger partial charge in [0.25, 0.3) is 11.5 Å². The number of rotatable bonds is 6. The van der Waals surface area contributed by atoms with E-state index in [4.69, 9.17) is 10.1 Å². The van der Waals surface area contributed by atoms with Gasteiger partial charge in [-0.3, -0.25) is 9.78 Å². The molecule has 0 unspecified atom stereocenters. The van der Waals surface area contributed by atoms with Gasteiger partial charge in [0.2, 0.25) is 5.91 Å². The number of carbonyl (C=O) groups excluding carboxylic acids is 1. The van der Waals surface area contributed by atoms with Crippen molar-refractivity contribution in [3.63, 3.8) is 0 Å². The van der Waals surface area contributed by atoms with Gasteiger partial charge in [-0.2, -0.15) is 0 Å². The Morgan fingerprint density at radius 3 is 2.57 bits per heavy atom. The first-order chi connectivity index (χ1) is 18.1. The van der Waals surface area contributed by atoms with Crippen molar-refractivity contribution in [2.45, 2.75) is 26.8 Å². The molecule has 6 rings (SSSR count). The van der Waals surface area contributed by atoms with Gasteiger partial charge in [0.1, 0.15) is 17.1 Å². The Morgan fingerprint density at radius 1 is 1.00 bits per heavy atom. The van der Waals surface area contributed by atoms with Crippen LogP contribution >= 0.6 is 0 Å². The summed E-state index contributed by atoms with van der Waals surface area (Å²) in [6, 6.07) is 22.4. The average molecular weight is 491 g/mol. The van der Waals surface area contributed by atoms with Crippen LogP contribution in [-0.2, 0) is 17.8 Å². The Hall–Kier alpha value is -4.92. The second kappa shape index (κ2) is 9.27. The van der Waals surface area contributed by atoms with Crippen LogP contribution in [0.15, 0.2) is 83.8 Å². The van der Waals surface area contributed by atoms with Crippen molar-refractivity contribution >= 4 is 22.5 Å². The van der Waals surface area contributed by atoms with E-state index in [1.165, 1.54) is 0 Å². The molecule has 4 aromatic heterocycles. The van der Waals surface area contributed by atoms with E-state index >= 15 is 0 Å². The molecule has 4 heterocycles. The van der Waals surface area contributed by atoms with E-state index in [2.05, 4.69) is 42.9 Å². The summed E-state index contributed by atoms with van der Waals surface area (Å²) in [5.74, 6) is 0.733. The van der Waals surface area contributed by atoms with Crippen molar-refractivity contribution in [3.05, 3.63) is 102 Å². The van der Waals surface area contributed by atoms with Crippen LogP contribution in [0.3, 0.4) is 0 Å². The fourth-order valence-electron chi connectivity index (χ4n) is 4.40. The minimum absolute atomic E-state index is 0.134. The number of pyridine rings is 2. The Bertz CT molecular complexity index is 1740. The van der Waals surface area contributed by atoms with Gasteiger partial charge >= 0.3 is 0 Å². The third-order valence-corrected chi connectivity index (χ3v) is 6.42. The highest BCUT2D eigenvalue weighted by Gasteiger charge is 2.22. The highest BCUT2D eigenvalue weighted by molar-refractivity contribution is 5.92. The van der Waals surface area contributed by atoms with Crippen LogP contribution < -0.4 is 9.72 Å². The Balaban J connectivity index is 1.30. The normalized spacial score (nSPS) is 11.3. The largest absolute Gasteiger partial charge is 0.352 e. The molecule has 0 aliphatic carbocycles. The SMILES string of the molecule is Cc1nonc1CC(=O)NCc1ccc(-n2nc(C)[n+]3ccc4ncc(-c5ccccc5)cc4c23)cc1. The Kier molecular flexibility index (Phi) is 5.65. The molecular formula is C28H24N7O2+. The number of aryl methyl sites for hydroxylation is 2. The number of nitrogens with one attached hydrogen (secondary N) is 1. The van der Waals surface area contributed by atoms with Crippen LogP contribution in [0.2, 0.25) is 0 Å². The topological polar surface area (TPSA) is 103 Å². The summed E-state index contributed by atoms with van der Waals surface area (Å²) in [5.41, 5.74) is 7.07. The lowest BCUT2D eigenvalue weighted by Crippen LogP contribution is -2.25. The minimum atomic E-state index is -0.138. The molecule has 0 radical (unpaired) electrons. The summed E-state index contributed by atoms with van der Waals surface area (Å²) in [5, 5.41) is 16.2. The predicted molar refractivity (Wildman–Crippen MR) is 137 cm³/mol. The molecule has 0 atom stereocenters. The molecule has 9 nitrogen and oxygen atoms in total. The first kappa shape index (κ1) is 22.5. The van der Waals surface area contributed by atoms with E-state index in [1.807, 2.05) is 72.5 Å². The van der Waals surface area contributed by atoms with Crippen molar-refractivity contribution in [2.75, 3.05) is 0 Å². The van der Waals surface area contributed by atoms with Gasteiger partial charge < -0.3 is 5.32 Å². The molecule has 1 amide bonds. The van der Waals surface area contributed by atoms with Gasteiger partial charge in [-0.1, -0.05) is 57.5 Å². The molecule has 0 saturated heterocycles. The number of hydrogen-bond acceptors (Lipinski definition) is 6. The van der Waals surface area contributed by atoms with Gasteiger partial charge in [-0.25, -0.2) is 9.03 Å². The molecule has 6 aromatic rings. The maximum atomic E-state index is 12.3. The zero-order chi connectivity index (χ0) is 25.4. The molecule has 0 fully saturated rings. The van der Waals surface area contributed by atoms with Crippen LogP contribution in [0.25, 0.3) is 33.4 Å². The molecule has 0 aliphatic heterocycles. The van der Waals surface area contributed by atoms with Crippen LogP contribution in [0.4, 0.5) is 0 Å². The van der Waals surface area contributed by atoms with Crippen molar-refractivity contribution < 1.29 is 13.8 Å². The lowest BCUT2D eigenvalue weighted by Gasteiger charge is -2.06. The lowest BCUT2D eigenvalue weighted by atomic mass is 10.1. The maximum absolute atomic E-state index is 12.3. The smallest absolute Gasteiger partial charge is 0.280 e. The van der Waals surface area contributed by atoms with Crippen molar-refractivity contribution in [1.29, 1.82) is 0 Å². The molecule has 0 saturated carbocycles. The van der Waals surface area contributed by atoms with Crippen LogP contribution in [-0.4, -0.2) is 31.0 Å². The molecule has 2 aromatic carbocycles. The molecule has 0 aliphatic rings. The standard InChI is InChI=1S/C28H23N7O2/c1-18-26(33-37-32-18)15-27(36)30-16-20-8-10-23(11-9-20)35-28-24-14-22(21-6-4-3-5-7-21)17-29-25(24)12-13-34(28)19(2)31-35/h3-14,17H,15-16H2,1-2H3/p+1. The van der Waals surface area contributed by atoms with Gasteiger partial charge in [0.15, 0.2) is 0 Å². The number of nitrogens with zero attached hydrogens (tertiary/aromatic N) is 6. The summed E-state index contributed by atoms with van der Waals surface area (Å²) in [4.78, 5) is 17.0. The number of hydrogen-bond donors (Lipinski definition) is 1. The summed E-state index contributed by atoms with van der Waals surface area (Å²) in [6.07, 6.45) is 4.04. The lowest BCUT2D eigenvalue weighted by molar-refractivity contribution is -0.519. The van der Waals surface area contributed by atoms with E-state index in [-0.39, 0.29) is 12.3 Å². The average Bonchev–Trinajstić information content (AvgIpc) is 3.50. The summed E-state index contributed by atoms with van der Waals surface area (Å²) >= 11 is 0. The number of amides is 1. The molecule has 1 N–H and O–H groups in total. The minimum Gasteiger partial charge on any atom is -0.352 e. The predicted octanol–water partition coefficient (Wildman–Crippen LogP) is 3.68. The van der Waals surface area contributed by atoms with Crippen LogP contribution in [0.5, 0.6) is 0 Å². The zero-order valence-electron chi connectivity index (χ0n) is 20.4. The summed E-state index contributed by atoms with van der Waals surface area (Å²) < 4.78 is 8.68. The third kappa shape index (κ3) is 4.31. The Labute approximate surface area is 212 Å². The van der Waals surface area contributed by atoms with Gasteiger partial charge in [-0.05, 0) is 42.3 Å². The number of benzene rings is 2. The first-order valence-corrected chi connectivity index (χ1v) is 12.0. The van der Waals surface area contributed by atoms with E-state index in [0.717, 1.165) is 44.8 Å². The van der Waals surface area contributed by atoms with E-state index in [0.29, 0.717) is 17.9 Å². The number of carbonyl (C=O) groups is 1. The van der Waals surface area contributed by atoms with Gasteiger partial charge in [-0.15, -0.1) is 0 Å². The molecule has 9 heteroatoms. The van der Waals surface area contributed by atoms with Crippen LogP contribution in [0, 0.1) is 13.8 Å². The second-order valence-corrected chi connectivity index (χ2v) is 8.91. The molecule has 0 bridgehead atoms. The monoisotopic (exact) mass is 490 g/mol. The van der Waals surface area contributed by atoms with Gasteiger partial charge in [0, 0.05) is 30.3 Å². The molecule has 182 valence electrons. The quantitative estimate of drug-likeness (QED) is 0.357. The van der Waals surface area contributed by atoms with Crippen molar-refractivity contribution in [3.8, 4) is 16.8 Å². The summed E-state index contributed by atoms with van der Waals surface area (Å²) in [7, 11) is 0. The van der Waals surface area contributed by atoms with Gasteiger partial charge in [0.05, 0.1) is 23.5 Å². The van der Waals surface area contributed by atoms with E-state index in [1.54, 1.807) is 6.92 Å². The second-order valence-electron chi connectivity index (χ2n) is 8.91. The molecule has 0 spiro atoms. The van der Waals surface area contributed by atoms with Crippen molar-refractivity contribution in [2.24, 2.45) is 0 Å². The fraction of sp³-hybridized carbons (Fsp3) is 0.143. The molecular weight excluding hydrogens is 466 g/mol. The van der Waals surface area contributed by atoms with Crippen molar-refractivity contribution in [1.82, 2.24) is 30.4 Å². The highest BCUT2D eigenvalue weighted by atomic mass is 16.6.